The molecule has 2 aromatic heterocycles. The molecule has 0 saturated carbocycles. The van der Waals surface area contributed by atoms with Gasteiger partial charge in [-0.2, -0.15) is 5.10 Å². The van der Waals surface area contributed by atoms with Gasteiger partial charge in [-0.05, 0) is 26.7 Å². The number of carboxylic acid groups (broad SMARTS) is 1. The van der Waals surface area contributed by atoms with Gasteiger partial charge in [-0.3, -0.25) is 14.3 Å². The van der Waals surface area contributed by atoms with Crippen molar-refractivity contribution in [2.45, 2.75) is 53.1 Å². The monoisotopic (exact) mass is 463 g/mol. The van der Waals surface area contributed by atoms with Crippen LogP contribution in [0, 0.1) is 12.8 Å². The molecule has 0 spiro atoms. The van der Waals surface area contributed by atoms with Gasteiger partial charge in [-0.15, -0.1) is 11.3 Å². The quantitative estimate of drug-likeness (QED) is 0.726. The van der Waals surface area contributed by atoms with Gasteiger partial charge in [0.2, 0.25) is 5.91 Å². The molecule has 0 aromatic carbocycles. The number of carbonyl (C=O) groups excluding carboxylic acids is 1. The summed E-state index contributed by atoms with van der Waals surface area (Å²) in [5, 5.41) is 13.0. The number of anilines is 1. The van der Waals surface area contributed by atoms with Crippen LogP contribution < -0.4 is 4.90 Å². The lowest BCUT2D eigenvalue weighted by Gasteiger charge is -2.26. The molecule has 1 aliphatic heterocycles. The number of amides is 1. The van der Waals surface area contributed by atoms with Gasteiger partial charge in [-0.1, -0.05) is 0 Å². The van der Waals surface area contributed by atoms with E-state index in [1.165, 1.54) is 4.88 Å². The number of carboxylic acids is 1. The van der Waals surface area contributed by atoms with Gasteiger partial charge in [0.1, 0.15) is 0 Å². The number of carbonyl (C=O) groups is 2. The maximum Gasteiger partial charge on any atom is 0.300 e. The summed E-state index contributed by atoms with van der Waals surface area (Å²) in [5.74, 6) is -0.589. The second-order valence-electron chi connectivity index (χ2n) is 8.21. The fourth-order valence-electron chi connectivity index (χ4n) is 3.99. The van der Waals surface area contributed by atoms with Gasteiger partial charge in [0.05, 0.1) is 24.6 Å². The van der Waals surface area contributed by atoms with Crippen LogP contribution in [0.2, 0.25) is 0 Å². The van der Waals surface area contributed by atoms with Crippen molar-refractivity contribution in [1.29, 1.82) is 0 Å². The van der Waals surface area contributed by atoms with Crippen molar-refractivity contribution in [3.05, 3.63) is 28.0 Å². The fourth-order valence-corrected chi connectivity index (χ4v) is 5.14. The van der Waals surface area contributed by atoms with Crippen molar-refractivity contribution in [2.75, 3.05) is 38.3 Å². The number of rotatable bonds is 5. The van der Waals surface area contributed by atoms with Crippen LogP contribution in [0.5, 0.6) is 0 Å². The molecule has 1 saturated heterocycles. The normalized spacial score (nSPS) is 17.9. The molecule has 10 heteroatoms. The first-order chi connectivity index (χ1) is 15.3. The Morgan fingerprint density at radius 2 is 2.03 bits per heavy atom. The van der Waals surface area contributed by atoms with Crippen molar-refractivity contribution >= 4 is 28.3 Å². The third-order valence-corrected chi connectivity index (χ3v) is 6.93. The summed E-state index contributed by atoms with van der Waals surface area (Å²) in [6.07, 6.45) is 4.67. The molecule has 0 bridgehead atoms. The number of aliphatic carboxylic acids is 1. The minimum Gasteiger partial charge on any atom is -0.481 e. The van der Waals surface area contributed by atoms with Gasteiger partial charge < -0.3 is 19.6 Å². The zero-order valence-corrected chi connectivity index (χ0v) is 20.2. The highest BCUT2D eigenvalue weighted by Crippen LogP contribution is 2.34. The van der Waals surface area contributed by atoms with E-state index in [4.69, 9.17) is 19.6 Å². The molecule has 0 radical (unpaired) electrons. The molecule has 1 atom stereocenters. The molecule has 2 aliphatic rings. The standard InChI is InChI=1S/C20H29N5O2S.C2H4O2/c1-4-25-13-16(14(2)22-25)12-23(3)19(26)15-5-6-18-17(11-15)21-20(28-18)24-7-9-27-10-8-24;1-2(3)4/h13,15H,4-12H2,1-3H3;1H3,(H,3,4). The van der Waals surface area contributed by atoms with Crippen LogP contribution in [-0.4, -0.2) is 70.0 Å². The highest BCUT2D eigenvalue weighted by Gasteiger charge is 2.30. The Hall–Kier alpha value is -2.46. The Kier molecular flexibility index (Phi) is 8.25. The Bertz CT molecular complexity index is 931. The van der Waals surface area contributed by atoms with Crippen molar-refractivity contribution in [2.24, 2.45) is 5.92 Å². The summed E-state index contributed by atoms with van der Waals surface area (Å²) in [4.78, 5) is 32.5. The summed E-state index contributed by atoms with van der Waals surface area (Å²) in [7, 11) is 1.90. The molecule has 3 heterocycles. The van der Waals surface area contributed by atoms with E-state index in [9.17, 15) is 4.79 Å². The van der Waals surface area contributed by atoms with E-state index >= 15 is 0 Å². The van der Waals surface area contributed by atoms with Gasteiger partial charge >= 0.3 is 0 Å². The van der Waals surface area contributed by atoms with Gasteiger partial charge in [0.25, 0.3) is 5.97 Å². The molecule has 2 aromatic rings. The Labute approximate surface area is 193 Å². The number of hydrogen-bond donors (Lipinski definition) is 1. The third kappa shape index (κ3) is 6.07. The number of aromatic nitrogens is 3. The molecule has 32 heavy (non-hydrogen) atoms. The zero-order chi connectivity index (χ0) is 23.3. The Morgan fingerprint density at radius 3 is 2.66 bits per heavy atom. The van der Waals surface area contributed by atoms with E-state index in [0.29, 0.717) is 6.54 Å². The predicted molar refractivity (Wildman–Crippen MR) is 123 cm³/mol. The molecule has 1 fully saturated rings. The minimum atomic E-state index is -0.833. The first kappa shape index (κ1) is 24.2. The number of morpholine rings is 1. The van der Waals surface area contributed by atoms with Gasteiger partial charge in [-0.25, -0.2) is 4.98 Å². The van der Waals surface area contributed by atoms with Crippen LogP contribution in [0.25, 0.3) is 0 Å². The zero-order valence-electron chi connectivity index (χ0n) is 19.3. The van der Waals surface area contributed by atoms with Crippen LogP contribution in [-0.2, 0) is 40.3 Å². The van der Waals surface area contributed by atoms with Crippen LogP contribution in [0.4, 0.5) is 5.13 Å². The fraction of sp³-hybridized carbons (Fsp3) is 0.636. The third-order valence-electron chi connectivity index (χ3n) is 5.71. The lowest BCUT2D eigenvalue weighted by atomic mass is 9.90. The van der Waals surface area contributed by atoms with E-state index < -0.39 is 5.97 Å². The Morgan fingerprint density at radius 1 is 1.34 bits per heavy atom. The topological polar surface area (TPSA) is 101 Å². The summed E-state index contributed by atoms with van der Waals surface area (Å²) in [6.45, 7) is 9.97. The molecule has 1 amide bonds. The molecule has 4 rings (SSSR count). The maximum absolute atomic E-state index is 13.1. The average Bonchev–Trinajstić information content (AvgIpc) is 3.36. The second-order valence-corrected chi connectivity index (χ2v) is 9.28. The largest absolute Gasteiger partial charge is 0.481 e. The van der Waals surface area contributed by atoms with E-state index in [1.54, 1.807) is 11.3 Å². The molecule has 9 nitrogen and oxygen atoms in total. The highest BCUT2D eigenvalue weighted by atomic mass is 32.1. The molecular weight excluding hydrogens is 430 g/mol. The number of hydrogen-bond acceptors (Lipinski definition) is 7. The summed E-state index contributed by atoms with van der Waals surface area (Å²) < 4.78 is 7.37. The lowest BCUT2D eigenvalue weighted by Crippen LogP contribution is -2.36. The summed E-state index contributed by atoms with van der Waals surface area (Å²) >= 11 is 1.80. The lowest BCUT2D eigenvalue weighted by molar-refractivity contribution is -0.135. The molecule has 176 valence electrons. The van der Waals surface area contributed by atoms with Crippen molar-refractivity contribution in [3.8, 4) is 0 Å². The number of aryl methyl sites for hydroxylation is 3. The number of fused-ring (bicyclic) bond motifs is 1. The first-order valence-corrected chi connectivity index (χ1v) is 11.9. The van der Waals surface area contributed by atoms with Crippen LogP contribution in [0.15, 0.2) is 6.20 Å². The van der Waals surface area contributed by atoms with E-state index in [2.05, 4.69) is 16.9 Å². The molecular formula is C22H33N5O4S. The maximum atomic E-state index is 13.1. The molecule has 1 unspecified atom stereocenters. The van der Waals surface area contributed by atoms with E-state index in [-0.39, 0.29) is 11.8 Å². The summed E-state index contributed by atoms with van der Waals surface area (Å²) in [5.41, 5.74) is 3.25. The number of nitrogens with zero attached hydrogens (tertiary/aromatic N) is 5. The van der Waals surface area contributed by atoms with Crippen LogP contribution in [0.3, 0.4) is 0 Å². The SMILES string of the molecule is CC(=O)O.CCn1cc(CN(C)C(=O)C2CCc3sc(N4CCOCC4)nc3C2)c(C)n1. The minimum absolute atomic E-state index is 0.0265. The van der Waals surface area contributed by atoms with Crippen LogP contribution in [0.1, 0.15) is 42.1 Å². The molecule has 1 N–H and O–H groups in total. The highest BCUT2D eigenvalue weighted by molar-refractivity contribution is 7.15. The van der Waals surface area contributed by atoms with Crippen LogP contribution >= 0.6 is 11.3 Å². The van der Waals surface area contributed by atoms with E-state index in [1.807, 2.05) is 29.7 Å². The van der Waals surface area contributed by atoms with Gasteiger partial charge in [0, 0.05) is 69.1 Å². The van der Waals surface area contributed by atoms with E-state index in [0.717, 1.165) is 81.1 Å². The summed E-state index contributed by atoms with van der Waals surface area (Å²) in [6, 6.07) is 0. The molecule has 1 aliphatic carbocycles. The Balaban J connectivity index is 0.000000668. The van der Waals surface area contributed by atoms with Gasteiger partial charge in [0.15, 0.2) is 5.13 Å². The van der Waals surface area contributed by atoms with Crippen molar-refractivity contribution in [1.82, 2.24) is 19.7 Å². The first-order valence-electron chi connectivity index (χ1n) is 11.1. The van der Waals surface area contributed by atoms with Crippen molar-refractivity contribution < 1.29 is 19.4 Å². The van der Waals surface area contributed by atoms with Crippen molar-refractivity contribution in [3.63, 3.8) is 0 Å². The number of ether oxygens (including phenoxy) is 1. The second kappa shape index (κ2) is 10.9. The predicted octanol–water partition coefficient (Wildman–Crippen LogP) is 2.36. The smallest absolute Gasteiger partial charge is 0.300 e. The average molecular weight is 464 g/mol. The number of thiazole rings is 1.